The molecule has 2 saturated heterocycles. The van der Waals surface area contributed by atoms with Gasteiger partial charge in [-0.2, -0.15) is 0 Å². The van der Waals surface area contributed by atoms with Gasteiger partial charge in [-0.25, -0.2) is 4.79 Å². The molecule has 5 heteroatoms. The number of nitrogens with one attached hydrogen (secondary N) is 1. The van der Waals surface area contributed by atoms with Gasteiger partial charge in [0.2, 0.25) is 0 Å². The predicted octanol–water partition coefficient (Wildman–Crippen LogP) is 2.07. The zero-order chi connectivity index (χ0) is 17.7. The smallest absolute Gasteiger partial charge is 0.317 e. The van der Waals surface area contributed by atoms with Crippen molar-refractivity contribution in [3.05, 3.63) is 35.9 Å². The summed E-state index contributed by atoms with van der Waals surface area (Å²) in [6, 6.07) is 11.0. The lowest BCUT2D eigenvalue weighted by Gasteiger charge is -2.42. The van der Waals surface area contributed by atoms with Crippen LogP contribution in [0.1, 0.15) is 31.2 Å². The largest absolute Gasteiger partial charge is 0.335 e. The van der Waals surface area contributed by atoms with Crippen molar-refractivity contribution in [3.63, 3.8) is 0 Å². The number of rotatable bonds is 4. The Morgan fingerprint density at radius 1 is 1.16 bits per heavy atom. The van der Waals surface area contributed by atoms with Crippen molar-refractivity contribution in [2.75, 3.05) is 39.8 Å². The molecule has 2 aliphatic heterocycles. The summed E-state index contributed by atoms with van der Waals surface area (Å²) in [5.41, 5.74) is 7.62. The zero-order valence-electron chi connectivity index (χ0n) is 15.4. The lowest BCUT2D eigenvalue weighted by molar-refractivity contribution is 0.117. The average molecular weight is 345 g/mol. The molecule has 2 amide bonds. The van der Waals surface area contributed by atoms with Crippen molar-refractivity contribution in [1.29, 1.82) is 0 Å². The van der Waals surface area contributed by atoms with E-state index in [0.717, 1.165) is 58.3 Å². The highest BCUT2D eigenvalue weighted by atomic mass is 16.2. The first kappa shape index (κ1) is 18.2. The molecule has 0 bridgehead atoms. The van der Waals surface area contributed by atoms with Crippen molar-refractivity contribution < 1.29 is 4.79 Å². The number of nitrogens with zero attached hydrogens (tertiary/aromatic N) is 2. The second-order valence-electron chi connectivity index (χ2n) is 7.88. The Kier molecular flexibility index (Phi) is 5.97. The molecule has 0 spiro atoms. The number of urea groups is 1. The predicted molar refractivity (Wildman–Crippen MR) is 101 cm³/mol. The first-order chi connectivity index (χ1) is 12.1. The van der Waals surface area contributed by atoms with E-state index in [1.165, 1.54) is 5.56 Å². The molecule has 3 N–H and O–H groups in total. The quantitative estimate of drug-likeness (QED) is 0.879. The van der Waals surface area contributed by atoms with Crippen molar-refractivity contribution in [2.24, 2.45) is 11.1 Å². The van der Waals surface area contributed by atoms with Gasteiger partial charge in [0.05, 0.1) is 0 Å². The molecule has 1 aromatic carbocycles. The van der Waals surface area contributed by atoms with Gasteiger partial charge >= 0.3 is 6.03 Å². The lowest BCUT2D eigenvalue weighted by Crippen LogP contribution is -2.53. The highest BCUT2D eigenvalue weighted by Gasteiger charge is 2.35. The summed E-state index contributed by atoms with van der Waals surface area (Å²) in [4.78, 5) is 16.9. The van der Waals surface area contributed by atoms with Crippen LogP contribution in [0.2, 0.25) is 0 Å². The molecule has 5 nitrogen and oxygen atoms in total. The standard InChI is InChI=1S/C20H32N4O/c1-23-11-7-18(8-12-23)22-19(25)24-13-9-20(16-21,10-14-24)15-17-5-3-2-4-6-17/h2-6,18H,7-16,21H2,1H3,(H,22,25). The number of hydrogen-bond acceptors (Lipinski definition) is 3. The second-order valence-corrected chi connectivity index (χ2v) is 7.88. The fourth-order valence-corrected chi connectivity index (χ4v) is 4.08. The van der Waals surface area contributed by atoms with Crippen LogP contribution < -0.4 is 11.1 Å². The normalized spacial score (nSPS) is 21.9. The summed E-state index contributed by atoms with van der Waals surface area (Å²) >= 11 is 0. The summed E-state index contributed by atoms with van der Waals surface area (Å²) in [5.74, 6) is 0. The molecule has 25 heavy (non-hydrogen) atoms. The Labute approximate surface area is 151 Å². The van der Waals surface area contributed by atoms with Crippen LogP contribution in [-0.2, 0) is 6.42 Å². The van der Waals surface area contributed by atoms with Crippen LogP contribution in [0.5, 0.6) is 0 Å². The van der Waals surface area contributed by atoms with E-state index in [-0.39, 0.29) is 11.4 Å². The molecule has 3 rings (SSSR count). The van der Waals surface area contributed by atoms with Gasteiger partial charge in [0.1, 0.15) is 0 Å². The van der Waals surface area contributed by atoms with Crippen molar-refractivity contribution in [2.45, 2.75) is 38.1 Å². The number of amides is 2. The first-order valence-electron chi connectivity index (χ1n) is 9.58. The third-order valence-corrected chi connectivity index (χ3v) is 6.01. The van der Waals surface area contributed by atoms with E-state index >= 15 is 0 Å². The molecule has 0 radical (unpaired) electrons. The van der Waals surface area contributed by atoms with Crippen LogP contribution in [0.15, 0.2) is 30.3 Å². The second kappa shape index (κ2) is 8.19. The monoisotopic (exact) mass is 344 g/mol. The number of likely N-dealkylation sites (tertiary alicyclic amines) is 2. The third kappa shape index (κ3) is 4.73. The summed E-state index contributed by atoms with van der Waals surface area (Å²) in [5, 5.41) is 3.23. The highest BCUT2D eigenvalue weighted by Crippen LogP contribution is 2.34. The van der Waals surface area contributed by atoms with Gasteiger partial charge in [0.25, 0.3) is 0 Å². The van der Waals surface area contributed by atoms with Gasteiger partial charge in [-0.3, -0.25) is 0 Å². The Bertz CT molecular complexity index is 546. The van der Waals surface area contributed by atoms with Gasteiger partial charge in [0.15, 0.2) is 0 Å². The van der Waals surface area contributed by atoms with E-state index in [9.17, 15) is 4.79 Å². The third-order valence-electron chi connectivity index (χ3n) is 6.01. The van der Waals surface area contributed by atoms with Crippen LogP contribution in [0.4, 0.5) is 4.79 Å². The van der Waals surface area contributed by atoms with Crippen molar-refractivity contribution in [3.8, 4) is 0 Å². The van der Waals surface area contributed by atoms with E-state index in [2.05, 4.69) is 47.6 Å². The maximum absolute atomic E-state index is 12.6. The average Bonchev–Trinajstić information content (AvgIpc) is 2.65. The summed E-state index contributed by atoms with van der Waals surface area (Å²) in [7, 11) is 2.14. The maximum atomic E-state index is 12.6. The molecule has 1 aromatic rings. The SMILES string of the molecule is CN1CCC(NC(=O)N2CCC(CN)(Cc3ccccc3)CC2)CC1. The number of carbonyl (C=O) groups excluding carboxylic acids is 1. The number of carbonyl (C=O) groups is 1. The molecule has 2 fully saturated rings. The van der Waals surface area contributed by atoms with Crippen LogP contribution in [0.25, 0.3) is 0 Å². The molecular weight excluding hydrogens is 312 g/mol. The topological polar surface area (TPSA) is 61.6 Å². The molecular formula is C20H32N4O. The Morgan fingerprint density at radius 3 is 2.40 bits per heavy atom. The van der Waals surface area contributed by atoms with Gasteiger partial charge < -0.3 is 20.9 Å². The van der Waals surface area contributed by atoms with Crippen molar-refractivity contribution in [1.82, 2.24) is 15.1 Å². The van der Waals surface area contributed by atoms with Gasteiger partial charge in [0, 0.05) is 19.1 Å². The lowest BCUT2D eigenvalue weighted by atomic mass is 9.74. The summed E-state index contributed by atoms with van der Waals surface area (Å²) in [6.45, 7) is 4.44. The number of nitrogens with two attached hydrogens (primary N) is 1. The van der Waals surface area contributed by atoms with E-state index in [1.54, 1.807) is 0 Å². The van der Waals surface area contributed by atoms with Gasteiger partial charge in [-0.05, 0) is 69.8 Å². The minimum Gasteiger partial charge on any atom is -0.335 e. The van der Waals surface area contributed by atoms with E-state index in [0.29, 0.717) is 12.6 Å². The molecule has 0 atom stereocenters. The molecule has 2 heterocycles. The van der Waals surface area contributed by atoms with Gasteiger partial charge in [-0.1, -0.05) is 30.3 Å². The fourth-order valence-electron chi connectivity index (χ4n) is 4.08. The maximum Gasteiger partial charge on any atom is 0.317 e. The zero-order valence-corrected chi connectivity index (χ0v) is 15.4. The first-order valence-corrected chi connectivity index (χ1v) is 9.58. The van der Waals surface area contributed by atoms with Crippen LogP contribution >= 0.6 is 0 Å². The number of piperidine rings is 2. The van der Waals surface area contributed by atoms with Crippen LogP contribution in [0.3, 0.4) is 0 Å². The van der Waals surface area contributed by atoms with Crippen LogP contribution in [0, 0.1) is 5.41 Å². The van der Waals surface area contributed by atoms with Gasteiger partial charge in [-0.15, -0.1) is 0 Å². The molecule has 0 aromatic heterocycles. The molecule has 138 valence electrons. The Balaban J connectivity index is 1.50. The Hall–Kier alpha value is -1.59. The summed E-state index contributed by atoms with van der Waals surface area (Å²) in [6.07, 6.45) is 5.08. The molecule has 0 aliphatic carbocycles. The number of benzene rings is 1. The van der Waals surface area contributed by atoms with E-state index < -0.39 is 0 Å². The van der Waals surface area contributed by atoms with Crippen molar-refractivity contribution >= 4 is 6.03 Å². The van der Waals surface area contributed by atoms with E-state index in [4.69, 9.17) is 5.73 Å². The number of hydrogen-bond donors (Lipinski definition) is 2. The fraction of sp³-hybridized carbons (Fsp3) is 0.650. The molecule has 2 aliphatic rings. The molecule has 0 saturated carbocycles. The van der Waals surface area contributed by atoms with E-state index in [1.807, 2.05) is 4.90 Å². The minimum absolute atomic E-state index is 0.111. The Morgan fingerprint density at radius 2 is 1.80 bits per heavy atom. The molecule has 0 unspecified atom stereocenters. The highest BCUT2D eigenvalue weighted by molar-refractivity contribution is 5.74. The van der Waals surface area contributed by atoms with Crippen LogP contribution in [-0.4, -0.2) is 61.6 Å². The minimum atomic E-state index is 0.111. The summed E-state index contributed by atoms with van der Waals surface area (Å²) < 4.78 is 0.